The highest BCUT2D eigenvalue weighted by molar-refractivity contribution is 6.04. The number of hydrogen-bond acceptors (Lipinski definition) is 3. The Hall–Kier alpha value is -3.81. The quantitative estimate of drug-likeness (QED) is 0.471. The molecule has 0 spiro atoms. The lowest BCUT2D eigenvalue weighted by molar-refractivity contribution is -0.137. The number of halogens is 3. The summed E-state index contributed by atoms with van der Waals surface area (Å²) in [7, 11) is 1.72. The number of hydrogen-bond donors (Lipinski definition) is 1. The van der Waals surface area contributed by atoms with Crippen LogP contribution in [0.5, 0.6) is 11.5 Å². The highest BCUT2D eigenvalue weighted by atomic mass is 19.4. The van der Waals surface area contributed by atoms with Gasteiger partial charge in [0.1, 0.15) is 17.2 Å². The average molecular weight is 425 g/mol. The lowest BCUT2D eigenvalue weighted by atomic mass is 10.2. The van der Waals surface area contributed by atoms with E-state index in [4.69, 9.17) is 4.74 Å². The largest absolute Gasteiger partial charge is 0.457 e. The second kappa shape index (κ2) is 8.14. The molecule has 0 saturated heterocycles. The van der Waals surface area contributed by atoms with E-state index >= 15 is 0 Å². The van der Waals surface area contributed by atoms with Crippen molar-refractivity contribution in [3.8, 4) is 11.5 Å². The summed E-state index contributed by atoms with van der Waals surface area (Å²) in [6.07, 6.45) is -4.38. The third kappa shape index (κ3) is 4.53. The third-order valence-corrected chi connectivity index (χ3v) is 4.75. The van der Waals surface area contributed by atoms with Gasteiger partial charge < -0.3 is 10.1 Å². The fraction of sp³-hybridized carbons (Fsp3) is 0.130. The van der Waals surface area contributed by atoms with E-state index < -0.39 is 11.7 Å². The van der Waals surface area contributed by atoms with E-state index in [1.807, 2.05) is 24.3 Å². The molecule has 3 aromatic carbocycles. The van der Waals surface area contributed by atoms with Crippen LogP contribution in [0.25, 0.3) is 10.9 Å². The van der Waals surface area contributed by atoms with Gasteiger partial charge in [-0.2, -0.15) is 18.3 Å². The molecular weight excluding hydrogens is 407 g/mol. The van der Waals surface area contributed by atoms with Crippen molar-refractivity contribution in [1.29, 1.82) is 0 Å². The van der Waals surface area contributed by atoms with E-state index in [1.54, 1.807) is 36.0 Å². The zero-order valence-corrected chi connectivity index (χ0v) is 16.5. The van der Waals surface area contributed by atoms with Crippen LogP contribution in [-0.2, 0) is 19.8 Å². The monoisotopic (exact) mass is 425 g/mol. The molecule has 0 fully saturated rings. The number of ether oxygens (including phenoxy) is 1. The van der Waals surface area contributed by atoms with Crippen molar-refractivity contribution < 1.29 is 22.7 Å². The van der Waals surface area contributed by atoms with Gasteiger partial charge in [-0.15, -0.1) is 0 Å². The smallest absolute Gasteiger partial charge is 0.416 e. The second-order valence-electron chi connectivity index (χ2n) is 6.94. The predicted molar refractivity (Wildman–Crippen MR) is 110 cm³/mol. The number of carbonyl (C=O) groups is 1. The van der Waals surface area contributed by atoms with Crippen LogP contribution in [-0.4, -0.2) is 15.7 Å². The Kier molecular flexibility index (Phi) is 5.37. The minimum atomic E-state index is -4.38. The van der Waals surface area contributed by atoms with Crippen LogP contribution in [0.4, 0.5) is 13.2 Å². The first-order valence-corrected chi connectivity index (χ1v) is 9.45. The number of carbonyl (C=O) groups excluding carboxylic acids is 1. The highest BCUT2D eigenvalue weighted by Gasteiger charge is 2.30. The molecule has 0 aliphatic carbocycles. The molecule has 1 heterocycles. The number of fused-ring (bicyclic) bond motifs is 1. The molecule has 0 atom stereocenters. The lowest BCUT2D eigenvalue weighted by Gasteiger charge is -2.10. The van der Waals surface area contributed by atoms with Crippen LogP contribution in [0.2, 0.25) is 0 Å². The first kappa shape index (κ1) is 20.5. The maximum absolute atomic E-state index is 12.6. The summed E-state index contributed by atoms with van der Waals surface area (Å²) in [5.74, 6) is 0.547. The van der Waals surface area contributed by atoms with Gasteiger partial charge >= 0.3 is 6.18 Å². The maximum atomic E-state index is 12.6. The van der Waals surface area contributed by atoms with Crippen LogP contribution in [0.3, 0.4) is 0 Å². The van der Waals surface area contributed by atoms with Crippen LogP contribution >= 0.6 is 0 Å². The van der Waals surface area contributed by atoms with Crippen LogP contribution in [0, 0.1) is 0 Å². The number of benzene rings is 3. The molecule has 0 radical (unpaired) electrons. The van der Waals surface area contributed by atoms with Gasteiger partial charge in [-0.25, -0.2) is 0 Å². The number of alkyl halides is 3. The number of nitrogens with zero attached hydrogens (tertiary/aromatic N) is 2. The Morgan fingerprint density at radius 1 is 0.968 bits per heavy atom. The SMILES string of the molecule is Cn1nc2ccccc2c1C(=O)NCc1ccc(Oc2ccc(C(F)(F)F)cc2)cc1. The summed E-state index contributed by atoms with van der Waals surface area (Å²) >= 11 is 0. The molecule has 0 bridgehead atoms. The van der Waals surface area contributed by atoms with Crippen molar-refractivity contribution in [1.82, 2.24) is 15.1 Å². The number of aromatic nitrogens is 2. The predicted octanol–water partition coefficient (Wildman–Crippen LogP) is 5.31. The molecule has 4 rings (SSSR count). The summed E-state index contributed by atoms with van der Waals surface area (Å²) in [6.45, 7) is 0.304. The van der Waals surface area contributed by atoms with Crippen LogP contribution in [0.15, 0.2) is 72.8 Å². The van der Waals surface area contributed by atoms with Crippen molar-refractivity contribution in [2.24, 2.45) is 7.05 Å². The maximum Gasteiger partial charge on any atom is 0.416 e. The van der Waals surface area contributed by atoms with Gasteiger partial charge in [0.25, 0.3) is 5.91 Å². The molecule has 1 amide bonds. The molecule has 4 aromatic rings. The zero-order chi connectivity index (χ0) is 22.0. The minimum Gasteiger partial charge on any atom is -0.457 e. The molecule has 0 aliphatic rings. The Bertz CT molecular complexity index is 1210. The zero-order valence-electron chi connectivity index (χ0n) is 16.5. The molecule has 0 saturated carbocycles. The van der Waals surface area contributed by atoms with Crippen molar-refractivity contribution >= 4 is 16.8 Å². The Labute approximate surface area is 176 Å². The Balaban J connectivity index is 1.38. The first-order chi connectivity index (χ1) is 14.8. The van der Waals surface area contributed by atoms with Crippen LogP contribution in [0.1, 0.15) is 21.6 Å². The summed E-state index contributed by atoms with van der Waals surface area (Å²) in [4.78, 5) is 12.6. The van der Waals surface area contributed by atoms with E-state index in [9.17, 15) is 18.0 Å². The fourth-order valence-corrected chi connectivity index (χ4v) is 3.21. The van der Waals surface area contributed by atoms with Gasteiger partial charge in [0.2, 0.25) is 0 Å². The van der Waals surface area contributed by atoms with Gasteiger partial charge in [0, 0.05) is 19.0 Å². The van der Waals surface area contributed by atoms with Gasteiger partial charge in [-0.05, 0) is 48.0 Å². The molecule has 31 heavy (non-hydrogen) atoms. The number of rotatable bonds is 5. The minimum absolute atomic E-state index is 0.235. The standard InChI is InChI=1S/C23H18F3N3O2/c1-29-21(19-4-2-3-5-20(19)28-29)22(30)27-14-15-6-10-17(11-7-15)31-18-12-8-16(9-13-18)23(24,25)26/h2-13H,14H2,1H3,(H,27,30). The molecule has 0 unspecified atom stereocenters. The highest BCUT2D eigenvalue weighted by Crippen LogP contribution is 2.31. The summed E-state index contributed by atoms with van der Waals surface area (Å²) < 4.78 is 45.0. The Morgan fingerprint density at radius 2 is 1.58 bits per heavy atom. The van der Waals surface area contributed by atoms with E-state index in [2.05, 4.69) is 10.4 Å². The average Bonchev–Trinajstić information content (AvgIpc) is 3.08. The van der Waals surface area contributed by atoms with E-state index in [0.29, 0.717) is 23.7 Å². The summed E-state index contributed by atoms with van der Waals surface area (Å²) in [5, 5.41) is 7.99. The first-order valence-electron chi connectivity index (χ1n) is 9.45. The van der Waals surface area contributed by atoms with E-state index in [0.717, 1.165) is 28.6 Å². The van der Waals surface area contributed by atoms with Crippen LogP contribution < -0.4 is 10.1 Å². The number of nitrogens with one attached hydrogen (secondary N) is 1. The van der Waals surface area contributed by atoms with Crippen molar-refractivity contribution in [3.05, 3.63) is 89.6 Å². The fourth-order valence-electron chi connectivity index (χ4n) is 3.21. The summed E-state index contributed by atoms with van der Waals surface area (Å²) in [5.41, 5.74) is 1.35. The van der Waals surface area contributed by atoms with Gasteiger partial charge in [0.15, 0.2) is 0 Å². The van der Waals surface area contributed by atoms with Crippen molar-refractivity contribution in [2.45, 2.75) is 12.7 Å². The molecule has 5 nitrogen and oxygen atoms in total. The van der Waals surface area contributed by atoms with Crippen molar-refractivity contribution in [3.63, 3.8) is 0 Å². The third-order valence-electron chi connectivity index (χ3n) is 4.75. The normalized spacial score (nSPS) is 11.5. The molecule has 1 aromatic heterocycles. The number of aryl methyl sites for hydroxylation is 1. The van der Waals surface area contributed by atoms with E-state index in [1.165, 1.54) is 12.1 Å². The van der Waals surface area contributed by atoms with Crippen molar-refractivity contribution in [2.75, 3.05) is 0 Å². The molecule has 1 N–H and O–H groups in total. The van der Waals surface area contributed by atoms with E-state index in [-0.39, 0.29) is 5.91 Å². The lowest BCUT2D eigenvalue weighted by Crippen LogP contribution is -2.25. The number of amides is 1. The molecule has 0 aliphatic heterocycles. The molecule has 8 heteroatoms. The van der Waals surface area contributed by atoms with Gasteiger partial charge in [0.05, 0.1) is 11.1 Å². The molecular formula is C23H18F3N3O2. The van der Waals surface area contributed by atoms with Gasteiger partial charge in [-0.3, -0.25) is 9.48 Å². The Morgan fingerprint density at radius 3 is 2.23 bits per heavy atom. The summed E-state index contributed by atoms with van der Waals surface area (Å²) in [6, 6.07) is 18.9. The van der Waals surface area contributed by atoms with Gasteiger partial charge in [-0.1, -0.05) is 30.3 Å². The molecule has 158 valence electrons. The second-order valence-corrected chi connectivity index (χ2v) is 6.94. The topological polar surface area (TPSA) is 56.2 Å².